The van der Waals surface area contributed by atoms with Crippen LogP contribution in [0.5, 0.6) is 0 Å². The molecule has 1 saturated carbocycles. The van der Waals surface area contributed by atoms with Crippen LogP contribution in [0.15, 0.2) is 23.3 Å². The molecule has 0 spiro atoms. The minimum atomic E-state index is -0.384. The van der Waals surface area contributed by atoms with Crippen LogP contribution < -0.4 is 10.3 Å². The monoisotopic (exact) mass is 297 g/mol. The van der Waals surface area contributed by atoms with Crippen LogP contribution in [0.2, 0.25) is 0 Å². The predicted molar refractivity (Wildman–Crippen MR) is 83.6 cm³/mol. The number of carbonyl (C=O) groups excluding carboxylic acids is 2. The first kappa shape index (κ1) is 13.5. The highest BCUT2D eigenvalue weighted by atomic mass is 16.2. The molecule has 5 nitrogen and oxygen atoms in total. The molecule has 0 bridgehead atoms. The zero-order chi connectivity index (χ0) is 15.6. The average molecular weight is 297 g/mol. The lowest BCUT2D eigenvalue weighted by Gasteiger charge is -2.36. The number of hydrazone groups is 1. The third-order valence-corrected chi connectivity index (χ3v) is 5.02. The van der Waals surface area contributed by atoms with Gasteiger partial charge in [-0.3, -0.25) is 9.59 Å². The molecule has 4 rings (SSSR count). The summed E-state index contributed by atoms with van der Waals surface area (Å²) in [7, 11) is 1.83. The summed E-state index contributed by atoms with van der Waals surface area (Å²) in [5.74, 6) is 0.558. The summed E-state index contributed by atoms with van der Waals surface area (Å²) in [6.45, 7) is 3.97. The number of anilines is 1. The number of benzene rings is 1. The maximum atomic E-state index is 12.3. The number of nitrogens with one attached hydrogen (secondary N) is 1. The second-order valence-corrected chi connectivity index (χ2v) is 7.19. The van der Waals surface area contributed by atoms with Gasteiger partial charge in [-0.15, -0.1) is 0 Å². The molecule has 1 aromatic carbocycles. The van der Waals surface area contributed by atoms with Gasteiger partial charge in [0.2, 0.25) is 11.8 Å². The molecule has 2 unspecified atom stereocenters. The van der Waals surface area contributed by atoms with Crippen LogP contribution in [-0.2, 0) is 16.0 Å². The molecular formula is C17H19N3O2. The van der Waals surface area contributed by atoms with Gasteiger partial charge in [0, 0.05) is 30.0 Å². The maximum Gasteiger partial charge on any atom is 0.243 e. The van der Waals surface area contributed by atoms with Gasteiger partial charge < -0.3 is 4.90 Å². The number of nitrogens with zero attached hydrogens (tertiary/aromatic N) is 2. The normalized spacial score (nSPS) is 28.5. The fourth-order valence-corrected chi connectivity index (χ4v) is 3.68. The SMILES string of the molecule is CN1C(=O)C(C)(C)Cc2cc(C3=NNC(=O)C4CC34)ccc21. The van der Waals surface area contributed by atoms with Crippen molar-refractivity contribution in [1.82, 2.24) is 5.43 Å². The summed E-state index contributed by atoms with van der Waals surface area (Å²) in [5, 5.41) is 4.26. The van der Waals surface area contributed by atoms with E-state index in [0.717, 1.165) is 29.8 Å². The standard InChI is InChI=1S/C17H19N3O2/c1-17(2)8-10-6-9(4-5-13(10)20(3)16(17)22)14-11-7-12(11)15(21)19-18-14/h4-6,11-12H,7-8H2,1-3H3,(H,19,21). The van der Waals surface area contributed by atoms with E-state index in [1.165, 1.54) is 5.56 Å². The molecular weight excluding hydrogens is 278 g/mol. The van der Waals surface area contributed by atoms with E-state index in [0.29, 0.717) is 0 Å². The van der Waals surface area contributed by atoms with Crippen molar-refractivity contribution >= 4 is 23.2 Å². The van der Waals surface area contributed by atoms with Crippen LogP contribution in [0, 0.1) is 17.3 Å². The van der Waals surface area contributed by atoms with E-state index in [2.05, 4.69) is 16.6 Å². The fourth-order valence-electron chi connectivity index (χ4n) is 3.68. The Bertz CT molecular complexity index is 735. The van der Waals surface area contributed by atoms with Crippen molar-refractivity contribution in [3.05, 3.63) is 29.3 Å². The highest BCUT2D eigenvalue weighted by molar-refractivity contribution is 6.10. The quantitative estimate of drug-likeness (QED) is 0.857. The van der Waals surface area contributed by atoms with Gasteiger partial charge >= 0.3 is 0 Å². The second-order valence-electron chi connectivity index (χ2n) is 7.19. The molecule has 0 aromatic heterocycles. The maximum absolute atomic E-state index is 12.3. The van der Waals surface area contributed by atoms with Gasteiger partial charge in [0.05, 0.1) is 5.71 Å². The van der Waals surface area contributed by atoms with Crippen molar-refractivity contribution in [1.29, 1.82) is 0 Å². The van der Waals surface area contributed by atoms with Gasteiger partial charge in [-0.1, -0.05) is 19.9 Å². The molecule has 0 radical (unpaired) electrons. The molecule has 1 fully saturated rings. The van der Waals surface area contributed by atoms with E-state index in [1.807, 2.05) is 33.0 Å². The van der Waals surface area contributed by atoms with Crippen LogP contribution >= 0.6 is 0 Å². The molecule has 3 aliphatic rings. The Balaban J connectivity index is 1.74. The lowest BCUT2D eigenvalue weighted by molar-refractivity contribution is -0.126. The van der Waals surface area contributed by atoms with Crippen molar-refractivity contribution < 1.29 is 9.59 Å². The van der Waals surface area contributed by atoms with Crippen LogP contribution in [0.4, 0.5) is 5.69 Å². The first-order valence-corrected chi connectivity index (χ1v) is 7.67. The summed E-state index contributed by atoms with van der Waals surface area (Å²) in [6, 6.07) is 6.13. The lowest BCUT2D eigenvalue weighted by Crippen LogP contribution is -2.44. The second kappa shape index (κ2) is 4.18. The molecule has 114 valence electrons. The number of hydrogen-bond acceptors (Lipinski definition) is 3. The van der Waals surface area contributed by atoms with Crippen LogP contribution in [0.1, 0.15) is 31.4 Å². The molecule has 1 aliphatic carbocycles. The summed E-state index contributed by atoms with van der Waals surface area (Å²) in [4.78, 5) is 25.6. The third kappa shape index (κ3) is 1.81. The fraction of sp³-hybridized carbons (Fsp3) is 0.471. The van der Waals surface area contributed by atoms with Crippen molar-refractivity contribution in [2.45, 2.75) is 26.7 Å². The predicted octanol–water partition coefficient (Wildman–Crippen LogP) is 1.70. The van der Waals surface area contributed by atoms with Gasteiger partial charge in [0.1, 0.15) is 0 Å². The number of rotatable bonds is 1. The number of fused-ring (bicyclic) bond motifs is 2. The zero-order valence-electron chi connectivity index (χ0n) is 13.0. The highest BCUT2D eigenvalue weighted by Crippen LogP contribution is 2.44. The number of carbonyl (C=O) groups is 2. The molecule has 2 amide bonds. The molecule has 22 heavy (non-hydrogen) atoms. The van der Waals surface area contributed by atoms with E-state index in [4.69, 9.17) is 0 Å². The number of hydrogen-bond donors (Lipinski definition) is 1. The van der Waals surface area contributed by atoms with E-state index in [1.54, 1.807) is 4.90 Å². The van der Waals surface area contributed by atoms with Crippen molar-refractivity contribution in [2.24, 2.45) is 22.4 Å². The molecule has 2 atom stereocenters. The smallest absolute Gasteiger partial charge is 0.243 e. The first-order valence-electron chi connectivity index (χ1n) is 7.67. The molecule has 0 saturated heterocycles. The third-order valence-electron chi connectivity index (χ3n) is 5.02. The molecule has 1 aromatic rings. The first-order chi connectivity index (χ1) is 10.4. The Morgan fingerprint density at radius 1 is 1.27 bits per heavy atom. The largest absolute Gasteiger partial charge is 0.315 e. The van der Waals surface area contributed by atoms with Gasteiger partial charge in [-0.2, -0.15) is 5.10 Å². The van der Waals surface area contributed by atoms with E-state index >= 15 is 0 Å². The topological polar surface area (TPSA) is 61.8 Å². The summed E-state index contributed by atoms with van der Waals surface area (Å²) < 4.78 is 0. The van der Waals surface area contributed by atoms with Crippen molar-refractivity contribution in [3.8, 4) is 0 Å². The molecule has 5 heteroatoms. The van der Waals surface area contributed by atoms with E-state index < -0.39 is 0 Å². The summed E-state index contributed by atoms with van der Waals surface area (Å²) in [5.41, 5.74) is 6.41. The van der Waals surface area contributed by atoms with Gasteiger partial charge in [0.15, 0.2) is 0 Å². The molecule has 1 N–H and O–H groups in total. The minimum absolute atomic E-state index is 0.0400. The highest BCUT2D eigenvalue weighted by Gasteiger charge is 2.49. The minimum Gasteiger partial charge on any atom is -0.315 e. The Morgan fingerprint density at radius 3 is 2.82 bits per heavy atom. The van der Waals surface area contributed by atoms with Crippen LogP contribution in [-0.4, -0.2) is 24.6 Å². The van der Waals surface area contributed by atoms with Crippen molar-refractivity contribution in [3.63, 3.8) is 0 Å². The van der Waals surface area contributed by atoms with E-state index in [9.17, 15) is 9.59 Å². The Hall–Kier alpha value is -2.17. The van der Waals surface area contributed by atoms with Gasteiger partial charge in [-0.25, -0.2) is 5.43 Å². The van der Waals surface area contributed by atoms with Crippen LogP contribution in [0.25, 0.3) is 0 Å². The molecule has 2 aliphatic heterocycles. The summed E-state index contributed by atoms with van der Waals surface area (Å²) in [6.07, 6.45) is 1.62. The Morgan fingerprint density at radius 2 is 2.05 bits per heavy atom. The van der Waals surface area contributed by atoms with Gasteiger partial charge in [0.25, 0.3) is 0 Å². The van der Waals surface area contributed by atoms with Gasteiger partial charge in [-0.05, 0) is 36.1 Å². The Kier molecular flexibility index (Phi) is 2.56. The average Bonchev–Trinajstić information content (AvgIpc) is 3.26. The number of amides is 2. The lowest BCUT2D eigenvalue weighted by atomic mass is 9.79. The van der Waals surface area contributed by atoms with Crippen LogP contribution in [0.3, 0.4) is 0 Å². The summed E-state index contributed by atoms with van der Waals surface area (Å²) >= 11 is 0. The molecule has 2 heterocycles. The van der Waals surface area contributed by atoms with Crippen molar-refractivity contribution in [2.75, 3.05) is 11.9 Å². The zero-order valence-corrected chi connectivity index (χ0v) is 13.0. The van der Waals surface area contributed by atoms with E-state index in [-0.39, 0.29) is 29.1 Å². The Labute approximate surface area is 129 Å².